The lowest BCUT2D eigenvalue weighted by molar-refractivity contribution is -0.113. The van der Waals surface area contributed by atoms with E-state index < -0.39 is 5.82 Å². The molecule has 0 unspecified atom stereocenters. The van der Waals surface area contributed by atoms with Crippen LogP contribution < -0.4 is 9.64 Å². The average Bonchev–Trinajstić information content (AvgIpc) is 2.90. The van der Waals surface area contributed by atoms with E-state index in [0.29, 0.717) is 27.3 Å². The molecule has 0 N–H and O–H groups in total. The highest BCUT2D eigenvalue weighted by molar-refractivity contribution is 8.27. The van der Waals surface area contributed by atoms with Crippen LogP contribution in [0.15, 0.2) is 60.0 Å². The third kappa shape index (κ3) is 3.82. The maximum Gasteiger partial charge on any atom is 0.270 e. The average molecular weight is 406 g/mol. The zero-order valence-electron chi connectivity index (χ0n) is 13.4. The molecule has 0 spiro atoms. The Hall–Kier alpha value is -2.15. The normalized spacial score (nSPS) is 15.6. The van der Waals surface area contributed by atoms with E-state index in [1.165, 1.54) is 34.9 Å². The minimum absolute atomic E-state index is 0.0660. The van der Waals surface area contributed by atoms with Gasteiger partial charge in [-0.05, 0) is 30.3 Å². The summed E-state index contributed by atoms with van der Waals surface area (Å²) in [6.07, 6.45) is 3.37. The monoisotopic (exact) mass is 405 g/mol. The number of thioether (sulfide) groups is 1. The van der Waals surface area contributed by atoms with Gasteiger partial charge in [0.2, 0.25) is 0 Å². The first kappa shape index (κ1) is 18.6. The first-order valence-corrected chi connectivity index (χ1v) is 9.17. The number of amides is 1. The summed E-state index contributed by atoms with van der Waals surface area (Å²) < 4.78 is 19.3. The topological polar surface area (TPSA) is 29.5 Å². The van der Waals surface area contributed by atoms with Crippen LogP contribution in [0, 0.1) is 5.82 Å². The van der Waals surface area contributed by atoms with Gasteiger partial charge in [-0.1, -0.05) is 66.4 Å². The lowest BCUT2D eigenvalue weighted by atomic mass is 10.2. The quantitative estimate of drug-likeness (QED) is 0.376. The van der Waals surface area contributed by atoms with Crippen LogP contribution in [0.1, 0.15) is 5.56 Å². The van der Waals surface area contributed by atoms with Gasteiger partial charge in [-0.3, -0.25) is 9.69 Å². The van der Waals surface area contributed by atoms with Crippen LogP contribution in [0.4, 0.5) is 10.1 Å². The molecule has 0 aliphatic carbocycles. The van der Waals surface area contributed by atoms with Crippen molar-refractivity contribution in [1.29, 1.82) is 0 Å². The summed E-state index contributed by atoms with van der Waals surface area (Å²) in [7, 11) is 0. The van der Waals surface area contributed by atoms with Gasteiger partial charge >= 0.3 is 0 Å². The maximum atomic E-state index is 13.4. The summed E-state index contributed by atoms with van der Waals surface area (Å²) in [5, 5.41) is -0.0660. The van der Waals surface area contributed by atoms with Crippen molar-refractivity contribution in [2.45, 2.75) is 0 Å². The van der Waals surface area contributed by atoms with E-state index in [-0.39, 0.29) is 10.9 Å². The number of carbonyl (C=O) groups excluding carboxylic acids is 1. The number of halogens is 2. The first-order chi connectivity index (χ1) is 12.5. The van der Waals surface area contributed by atoms with E-state index in [9.17, 15) is 9.18 Å². The van der Waals surface area contributed by atoms with Gasteiger partial charge in [0.25, 0.3) is 5.91 Å². The van der Waals surface area contributed by atoms with Crippen molar-refractivity contribution in [3.63, 3.8) is 0 Å². The number of hydrogen-bond donors (Lipinski definition) is 0. The summed E-state index contributed by atoms with van der Waals surface area (Å²) in [5.74, 6) is -0.201. The number of carbonyl (C=O) groups is 1. The van der Waals surface area contributed by atoms with E-state index >= 15 is 0 Å². The molecule has 1 saturated heterocycles. The van der Waals surface area contributed by atoms with Gasteiger partial charge in [-0.25, -0.2) is 4.39 Å². The summed E-state index contributed by atoms with van der Waals surface area (Å²) >= 11 is 12.3. The second-order valence-electron chi connectivity index (χ2n) is 5.25. The maximum absolute atomic E-state index is 13.4. The molecule has 0 saturated carbocycles. The van der Waals surface area contributed by atoms with Crippen LogP contribution in [0.5, 0.6) is 5.75 Å². The molecule has 0 radical (unpaired) electrons. The molecule has 1 aliphatic heterocycles. The Bertz CT molecular complexity index is 930. The predicted octanol–water partition coefficient (Wildman–Crippen LogP) is 5.45. The molecule has 1 aliphatic rings. The highest BCUT2D eigenvalue weighted by Gasteiger charge is 2.33. The lowest BCUT2D eigenvalue weighted by Crippen LogP contribution is -2.27. The van der Waals surface area contributed by atoms with E-state index in [1.807, 2.05) is 24.3 Å². The van der Waals surface area contributed by atoms with Gasteiger partial charge in [0.1, 0.15) is 18.2 Å². The number of benzene rings is 2. The molecule has 1 amide bonds. The van der Waals surface area contributed by atoms with Crippen molar-refractivity contribution >= 4 is 57.6 Å². The fraction of sp³-hybridized carbons (Fsp3) is 0.0526. The highest BCUT2D eigenvalue weighted by Crippen LogP contribution is 2.38. The SMILES string of the molecule is C=CCOc1ccccc1/C=C1\SC(=S)N(c2ccc(F)c(Cl)c2)C1=O. The molecule has 1 heterocycles. The van der Waals surface area contributed by atoms with Gasteiger partial charge in [0.15, 0.2) is 4.32 Å². The summed E-state index contributed by atoms with van der Waals surface area (Å²) in [5.41, 5.74) is 1.19. The molecule has 0 aromatic heterocycles. The number of anilines is 1. The van der Waals surface area contributed by atoms with E-state index in [1.54, 1.807) is 12.2 Å². The standard InChI is InChI=1S/C19H13ClFNO2S2/c1-2-9-24-16-6-4-3-5-12(16)10-17-18(23)22(19(25)26-17)13-7-8-15(21)14(20)11-13/h2-8,10-11H,1,9H2/b17-10-. The number of hydrogen-bond acceptors (Lipinski definition) is 4. The Morgan fingerprint density at radius 1 is 1.31 bits per heavy atom. The van der Waals surface area contributed by atoms with Crippen LogP contribution in [-0.2, 0) is 4.79 Å². The molecule has 26 heavy (non-hydrogen) atoms. The number of para-hydroxylation sites is 1. The van der Waals surface area contributed by atoms with Crippen molar-refractivity contribution in [2.75, 3.05) is 11.5 Å². The lowest BCUT2D eigenvalue weighted by Gasteiger charge is -2.14. The van der Waals surface area contributed by atoms with Crippen molar-refractivity contribution < 1.29 is 13.9 Å². The van der Waals surface area contributed by atoms with Crippen LogP contribution in [0.25, 0.3) is 6.08 Å². The van der Waals surface area contributed by atoms with Gasteiger partial charge in [-0.2, -0.15) is 0 Å². The minimum Gasteiger partial charge on any atom is -0.489 e. The number of thiocarbonyl (C=S) groups is 1. The Morgan fingerprint density at radius 3 is 2.81 bits per heavy atom. The Morgan fingerprint density at radius 2 is 2.08 bits per heavy atom. The number of rotatable bonds is 5. The zero-order chi connectivity index (χ0) is 18.7. The third-order valence-corrected chi connectivity index (χ3v) is 5.11. The molecule has 3 rings (SSSR count). The van der Waals surface area contributed by atoms with Gasteiger partial charge in [0, 0.05) is 5.56 Å². The second-order valence-corrected chi connectivity index (χ2v) is 7.34. The first-order valence-electron chi connectivity index (χ1n) is 7.57. The molecule has 0 bridgehead atoms. The molecule has 2 aromatic carbocycles. The predicted molar refractivity (Wildman–Crippen MR) is 109 cm³/mol. The second kappa shape index (κ2) is 8.03. The summed E-state index contributed by atoms with van der Waals surface area (Å²) in [4.78, 5) is 14.6. The van der Waals surface area contributed by atoms with Crippen LogP contribution in [0.3, 0.4) is 0 Å². The Kier molecular flexibility index (Phi) is 5.76. The van der Waals surface area contributed by atoms with Gasteiger partial charge in [-0.15, -0.1) is 0 Å². The smallest absolute Gasteiger partial charge is 0.270 e. The molecule has 7 heteroatoms. The van der Waals surface area contributed by atoms with E-state index in [2.05, 4.69) is 6.58 Å². The summed E-state index contributed by atoms with van der Waals surface area (Å²) in [6, 6.07) is 11.4. The fourth-order valence-electron chi connectivity index (χ4n) is 2.34. The molecule has 3 nitrogen and oxygen atoms in total. The molecule has 2 aromatic rings. The Balaban J connectivity index is 1.93. The Labute approximate surface area is 165 Å². The van der Waals surface area contributed by atoms with Crippen molar-refractivity contribution in [2.24, 2.45) is 0 Å². The molecular formula is C19H13ClFNO2S2. The zero-order valence-corrected chi connectivity index (χ0v) is 15.8. The van der Waals surface area contributed by atoms with Crippen molar-refractivity contribution in [1.82, 2.24) is 0 Å². The van der Waals surface area contributed by atoms with Gasteiger partial charge < -0.3 is 4.74 Å². The summed E-state index contributed by atoms with van der Waals surface area (Å²) in [6.45, 7) is 3.99. The number of nitrogens with zero attached hydrogens (tertiary/aromatic N) is 1. The highest BCUT2D eigenvalue weighted by atomic mass is 35.5. The van der Waals surface area contributed by atoms with E-state index in [4.69, 9.17) is 28.6 Å². The molecular weight excluding hydrogens is 393 g/mol. The van der Waals surface area contributed by atoms with Crippen LogP contribution >= 0.6 is 35.6 Å². The van der Waals surface area contributed by atoms with Crippen LogP contribution in [0.2, 0.25) is 5.02 Å². The molecule has 132 valence electrons. The van der Waals surface area contributed by atoms with E-state index in [0.717, 1.165) is 5.56 Å². The van der Waals surface area contributed by atoms with Gasteiger partial charge in [0.05, 0.1) is 15.6 Å². The van der Waals surface area contributed by atoms with Crippen molar-refractivity contribution in [3.8, 4) is 5.75 Å². The molecule has 1 fully saturated rings. The third-order valence-electron chi connectivity index (χ3n) is 3.52. The largest absolute Gasteiger partial charge is 0.489 e. The van der Waals surface area contributed by atoms with Crippen molar-refractivity contribution in [3.05, 3.63) is 76.4 Å². The number of ether oxygens (including phenoxy) is 1. The molecule has 0 atom stereocenters. The van der Waals surface area contributed by atoms with Crippen LogP contribution in [-0.4, -0.2) is 16.8 Å². The fourth-order valence-corrected chi connectivity index (χ4v) is 3.80. The minimum atomic E-state index is -0.551.